The summed E-state index contributed by atoms with van der Waals surface area (Å²) in [6.07, 6.45) is -0.985. The van der Waals surface area contributed by atoms with Crippen LogP contribution in [0.2, 0.25) is 0 Å². The Kier molecular flexibility index (Phi) is 3.98. The van der Waals surface area contributed by atoms with Crippen LogP contribution in [0.5, 0.6) is 11.5 Å². The van der Waals surface area contributed by atoms with Gasteiger partial charge in [0.2, 0.25) is 10.0 Å². The number of Topliss-reactive ketones (excluding diaryl/α,β-unsaturated/α-hetero) is 1. The second kappa shape index (κ2) is 5.39. The van der Waals surface area contributed by atoms with E-state index in [1.54, 1.807) is 0 Å². The molecule has 0 amide bonds. The van der Waals surface area contributed by atoms with Crippen molar-refractivity contribution in [2.45, 2.75) is 17.5 Å². The average molecular weight is 300 g/mol. The lowest BCUT2D eigenvalue weighted by molar-refractivity contribution is -0.119. The number of carbonyl (C=O) groups excluding carboxylic acids is 1. The first-order valence-electron chi connectivity index (χ1n) is 5.94. The van der Waals surface area contributed by atoms with Crippen LogP contribution in [0.1, 0.15) is 6.42 Å². The molecule has 1 aromatic carbocycles. The fraction of sp³-hybridized carbons (Fsp3) is 0.417. The van der Waals surface area contributed by atoms with E-state index >= 15 is 0 Å². The summed E-state index contributed by atoms with van der Waals surface area (Å²) < 4.78 is 36.0. The summed E-state index contributed by atoms with van der Waals surface area (Å²) in [5.74, 6) is 0.440. The predicted octanol–water partition coefficient (Wildman–Crippen LogP) is -0.0479. The normalized spacial score (nSPS) is 20.1. The maximum atomic E-state index is 12.5. The van der Waals surface area contributed by atoms with Crippen LogP contribution in [-0.2, 0) is 14.8 Å². The lowest BCUT2D eigenvalue weighted by Gasteiger charge is -2.20. The van der Waals surface area contributed by atoms with E-state index in [9.17, 15) is 13.2 Å². The Morgan fingerprint density at radius 2 is 1.90 bits per heavy atom. The molecule has 0 aliphatic carbocycles. The summed E-state index contributed by atoms with van der Waals surface area (Å²) in [4.78, 5) is 11.4. The van der Waals surface area contributed by atoms with Crippen LogP contribution < -0.4 is 15.2 Å². The SMILES string of the molecule is COc1ccc(S(=O)(=O)N2CCC(=O)C2N)cc1OC. The second-order valence-corrected chi connectivity index (χ2v) is 6.18. The molecule has 1 aliphatic rings. The van der Waals surface area contributed by atoms with Crippen LogP contribution in [0.15, 0.2) is 23.1 Å². The molecule has 1 aliphatic heterocycles. The van der Waals surface area contributed by atoms with Crippen molar-refractivity contribution in [1.82, 2.24) is 4.31 Å². The zero-order valence-corrected chi connectivity index (χ0v) is 12.0. The Morgan fingerprint density at radius 1 is 1.25 bits per heavy atom. The molecule has 1 unspecified atom stereocenters. The first kappa shape index (κ1) is 14.8. The van der Waals surface area contributed by atoms with Crippen molar-refractivity contribution in [2.24, 2.45) is 5.73 Å². The Balaban J connectivity index is 2.42. The molecule has 1 saturated heterocycles. The second-order valence-electron chi connectivity index (χ2n) is 4.29. The molecule has 8 heteroatoms. The van der Waals surface area contributed by atoms with Crippen molar-refractivity contribution in [3.05, 3.63) is 18.2 Å². The highest BCUT2D eigenvalue weighted by Gasteiger charge is 2.38. The van der Waals surface area contributed by atoms with E-state index in [-0.39, 0.29) is 23.6 Å². The van der Waals surface area contributed by atoms with Crippen molar-refractivity contribution in [3.8, 4) is 11.5 Å². The highest BCUT2D eigenvalue weighted by molar-refractivity contribution is 7.89. The maximum Gasteiger partial charge on any atom is 0.244 e. The van der Waals surface area contributed by atoms with E-state index in [4.69, 9.17) is 15.2 Å². The number of nitrogens with two attached hydrogens (primary N) is 1. The quantitative estimate of drug-likeness (QED) is 0.837. The van der Waals surface area contributed by atoms with E-state index in [0.717, 1.165) is 4.31 Å². The number of hydrogen-bond donors (Lipinski definition) is 1. The van der Waals surface area contributed by atoms with E-state index in [2.05, 4.69) is 0 Å². The number of carbonyl (C=O) groups is 1. The van der Waals surface area contributed by atoms with Crippen molar-refractivity contribution in [2.75, 3.05) is 20.8 Å². The highest BCUT2D eigenvalue weighted by Crippen LogP contribution is 2.31. The minimum absolute atomic E-state index is 0.0142. The van der Waals surface area contributed by atoms with Gasteiger partial charge in [-0.05, 0) is 12.1 Å². The van der Waals surface area contributed by atoms with Gasteiger partial charge in [-0.1, -0.05) is 0 Å². The van der Waals surface area contributed by atoms with Gasteiger partial charge in [-0.3, -0.25) is 4.79 Å². The van der Waals surface area contributed by atoms with Gasteiger partial charge in [0.25, 0.3) is 0 Å². The Bertz CT molecular complexity index is 629. The van der Waals surface area contributed by atoms with Gasteiger partial charge in [0.15, 0.2) is 17.3 Å². The predicted molar refractivity (Wildman–Crippen MR) is 71.0 cm³/mol. The van der Waals surface area contributed by atoms with Crippen LogP contribution in [0.4, 0.5) is 0 Å². The molecule has 0 spiro atoms. The third kappa shape index (κ3) is 2.37. The number of methoxy groups -OCH3 is 2. The molecule has 110 valence electrons. The molecule has 0 radical (unpaired) electrons. The number of sulfonamides is 1. The summed E-state index contributed by atoms with van der Waals surface area (Å²) in [5.41, 5.74) is 5.61. The van der Waals surface area contributed by atoms with Gasteiger partial charge in [0, 0.05) is 19.0 Å². The third-order valence-corrected chi connectivity index (χ3v) is 5.06. The van der Waals surface area contributed by atoms with Crippen LogP contribution in [0.3, 0.4) is 0 Å². The number of ketones is 1. The molecule has 0 bridgehead atoms. The summed E-state index contributed by atoms with van der Waals surface area (Å²) in [7, 11) is -0.951. The Hall–Kier alpha value is -1.64. The summed E-state index contributed by atoms with van der Waals surface area (Å²) in [5, 5.41) is 0. The molecule has 1 fully saturated rings. The minimum atomic E-state index is -3.83. The monoisotopic (exact) mass is 300 g/mol. The van der Waals surface area contributed by atoms with Crippen LogP contribution in [0, 0.1) is 0 Å². The van der Waals surface area contributed by atoms with E-state index in [0.29, 0.717) is 11.5 Å². The largest absolute Gasteiger partial charge is 0.493 e. The minimum Gasteiger partial charge on any atom is -0.493 e. The van der Waals surface area contributed by atoms with Crippen molar-refractivity contribution < 1.29 is 22.7 Å². The van der Waals surface area contributed by atoms with Gasteiger partial charge in [-0.15, -0.1) is 0 Å². The van der Waals surface area contributed by atoms with Gasteiger partial charge in [0.1, 0.15) is 6.17 Å². The third-order valence-electron chi connectivity index (χ3n) is 3.18. The molecular weight excluding hydrogens is 284 g/mol. The van der Waals surface area contributed by atoms with Crippen LogP contribution in [0.25, 0.3) is 0 Å². The summed E-state index contributed by atoms with van der Waals surface area (Å²) in [6, 6.07) is 4.24. The number of hydrogen-bond acceptors (Lipinski definition) is 6. The molecule has 1 aromatic rings. The zero-order valence-electron chi connectivity index (χ0n) is 11.2. The number of ether oxygens (including phenoxy) is 2. The molecular formula is C12H16N2O5S. The maximum absolute atomic E-state index is 12.5. The van der Waals surface area contributed by atoms with Gasteiger partial charge in [-0.2, -0.15) is 4.31 Å². The molecule has 0 aromatic heterocycles. The topological polar surface area (TPSA) is 98.9 Å². The Labute approximate surface area is 117 Å². The molecule has 2 rings (SSSR count). The van der Waals surface area contributed by atoms with Crippen molar-refractivity contribution in [1.29, 1.82) is 0 Å². The summed E-state index contributed by atoms with van der Waals surface area (Å²) in [6.45, 7) is 0.0939. The molecule has 20 heavy (non-hydrogen) atoms. The number of nitrogens with zero attached hydrogens (tertiary/aromatic N) is 1. The molecule has 2 N–H and O–H groups in total. The van der Waals surface area contributed by atoms with E-state index in [1.807, 2.05) is 0 Å². The van der Waals surface area contributed by atoms with Gasteiger partial charge >= 0.3 is 0 Å². The lowest BCUT2D eigenvalue weighted by Crippen LogP contribution is -2.44. The highest BCUT2D eigenvalue weighted by atomic mass is 32.2. The molecule has 1 atom stereocenters. The number of rotatable bonds is 4. The fourth-order valence-corrected chi connectivity index (χ4v) is 3.57. The van der Waals surface area contributed by atoms with Gasteiger partial charge in [0.05, 0.1) is 19.1 Å². The standard InChI is InChI=1S/C12H16N2O5S/c1-18-10-4-3-8(7-11(10)19-2)20(16,17)14-6-5-9(15)12(14)13/h3-4,7,12H,5-6,13H2,1-2H3. The van der Waals surface area contributed by atoms with Crippen LogP contribution in [-0.4, -0.2) is 45.4 Å². The smallest absolute Gasteiger partial charge is 0.244 e. The van der Waals surface area contributed by atoms with Crippen molar-refractivity contribution >= 4 is 15.8 Å². The lowest BCUT2D eigenvalue weighted by atomic mass is 10.3. The molecule has 1 heterocycles. The molecule has 7 nitrogen and oxygen atoms in total. The Morgan fingerprint density at radius 3 is 2.40 bits per heavy atom. The fourth-order valence-electron chi connectivity index (χ4n) is 2.05. The van der Waals surface area contributed by atoms with Gasteiger partial charge in [-0.25, -0.2) is 8.42 Å². The molecule has 0 saturated carbocycles. The van der Waals surface area contributed by atoms with Gasteiger partial charge < -0.3 is 15.2 Å². The average Bonchev–Trinajstić information content (AvgIpc) is 2.78. The summed E-state index contributed by atoms with van der Waals surface area (Å²) >= 11 is 0. The van der Waals surface area contributed by atoms with E-state index < -0.39 is 16.2 Å². The first-order chi connectivity index (χ1) is 9.41. The first-order valence-corrected chi connectivity index (χ1v) is 7.38. The number of benzene rings is 1. The zero-order chi connectivity index (χ0) is 14.9. The van der Waals surface area contributed by atoms with E-state index in [1.165, 1.54) is 32.4 Å². The van der Waals surface area contributed by atoms with Crippen LogP contribution >= 0.6 is 0 Å². The van der Waals surface area contributed by atoms with Crippen molar-refractivity contribution in [3.63, 3.8) is 0 Å².